The molecule has 0 saturated heterocycles. The van der Waals surface area contributed by atoms with Gasteiger partial charge in [-0.05, 0) is 30.2 Å². The van der Waals surface area contributed by atoms with Crippen molar-refractivity contribution in [2.75, 3.05) is 11.1 Å². The van der Waals surface area contributed by atoms with Crippen molar-refractivity contribution in [3.8, 4) is 0 Å². The van der Waals surface area contributed by atoms with Crippen LogP contribution in [0.4, 0.5) is 11.6 Å². The predicted octanol–water partition coefficient (Wildman–Crippen LogP) is 1.96. The molecule has 2 aromatic rings. The van der Waals surface area contributed by atoms with Crippen LogP contribution in [0.5, 0.6) is 0 Å². The number of nitrogen functional groups attached to an aromatic ring is 1. The van der Waals surface area contributed by atoms with Crippen molar-refractivity contribution >= 4 is 33.5 Å². The molecule has 0 aliphatic heterocycles. The second-order valence-corrected chi connectivity index (χ2v) is 4.57. The van der Waals surface area contributed by atoms with E-state index < -0.39 is 0 Å². The van der Waals surface area contributed by atoms with Gasteiger partial charge in [-0.15, -0.1) is 5.10 Å². The highest BCUT2D eigenvalue weighted by Gasteiger charge is 2.12. The van der Waals surface area contributed by atoms with Crippen molar-refractivity contribution in [3.63, 3.8) is 0 Å². The van der Waals surface area contributed by atoms with Crippen LogP contribution in [0.15, 0.2) is 22.7 Å². The monoisotopic (exact) mass is 309 g/mol. The van der Waals surface area contributed by atoms with E-state index in [9.17, 15) is 4.79 Å². The Balaban J connectivity index is 2.21. The van der Waals surface area contributed by atoms with Gasteiger partial charge in [0.15, 0.2) is 0 Å². The maximum Gasteiger partial charge on any atom is 0.293 e. The number of carbonyl (C=O) groups excluding carboxylic acids is 1. The number of carbonyl (C=O) groups is 1. The number of halogens is 1. The average molecular weight is 310 g/mol. The van der Waals surface area contributed by atoms with E-state index in [0.717, 1.165) is 22.1 Å². The van der Waals surface area contributed by atoms with Gasteiger partial charge in [-0.3, -0.25) is 9.89 Å². The number of rotatable bonds is 3. The van der Waals surface area contributed by atoms with Crippen molar-refractivity contribution in [1.29, 1.82) is 0 Å². The van der Waals surface area contributed by atoms with Crippen molar-refractivity contribution in [1.82, 2.24) is 15.2 Å². The van der Waals surface area contributed by atoms with Gasteiger partial charge in [-0.25, -0.2) is 0 Å². The van der Waals surface area contributed by atoms with E-state index in [-0.39, 0.29) is 17.7 Å². The van der Waals surface area contributed by atoms with Crippen LogP contribution < -0.4 is 11.1 Å². The highest BCUT2D eigenvalue weighted by Crippen LogP contribution is 2.21. The van der Waals surface area contributed by atoms with E-state index in [2.05, 4.69) is 36.4 Å². The lowest BCUT2D eigenvalue weighted by atomic mass is 10.1. The fraction of sp³-hybridized carbons (Fsp3) is 0.182. The molecule has 0 aliphatic carbocycles. The molecule has 0 bridgehead atoms. The number of anilines is 2. The number of nitrogens with zero attached hydrogens (tertiary/aromatic N) is 2. The van der Waals surface area contributed by atoms with Crippen LogP contribution in [0.2, 0.25) is 0 Å². The van der Waals surface area contributed by atoms with E-state index in [0.29, 0.717) is 0 Å². The number of aryl methyl sites for hydroxylation is 1. The highest BCUT2D eigenvalue weighted by atomic mass is 79.9. The van der Waals surface area contributed by atoms with Crippen LogP contribution >= 0.6 is 15.9 Å². The summed E-state index contributed by atoms with van der Waals surface area (Å²) in [4.78, 5) is 15.6. The zero-order valence-corrected chi connectivity index (χ0v) is 11.3. The fourth-order valence-corrected chi connectivity index (χ4v) is 1.94. The van der Waals surface area contributed by atoms with E-state index in [1.807, 2.05) is 25.1 Å². The summed E-state index contributed by atoms with van der Waals surface area (Å²) in [5.74, 6) is -0.222. The zero-order valence-electron chi connectivity index (χ0n) is 9.70. The van der Waals surface area contributed by atoms with Gasteiger partial charge in [0.05, 0.1) is 0 Å². The first-order chi connectivity index (χ1) is 8.60. The number of aromatic nitrogens is 3. The quantitative estimate of drug-likeness (QED) is 0.807. The van der Waals surface area contributed by atoms with E-state index >= 15 is 0 Å². The number of H-pyrrole nitrogens is 1. The molecule has 1 aromatic heterocycles. The summed E-state index contributed by atoms with van der Waals surface area (Å²) in [5.41, 5.74) is 7.13. The van der Waals surface area contributed by atoms with Crippen molar-refractivity contribution in [2.45, 2.75) is 13.3 Å². The largest absolute Gasteiger partial charge is 0.366 e. The molecule has 1 heterocycles. The third-order valence-electron chi connectivity index (χ3n) is 2.41. The summed E-state index contributed by atoms with van der Waals surface area (Å²) in [6, 6.07) is 5.66. The first-order valence-corrected chi connectivity index (χ1v) is 6.17. The Morgan fingerprint density at radius 2 is 2.33 bits per heavy atom. The number of nitrogens with one attached hydrogen (secondary N) is 2. The summed E-state index contributed by atoms with van der Waals surface area (Å²) in [6.45, 7) is 2.02. The van der Waals surface area contributed by atoms with Crippen LogP contribution in [-0.2, 0) is 6.42 Å². The Bertz CT molecular complexity index is 581. The van der Waals surface area contributed by atoms with Gasteiger partial charge in [0.1, 0.15) is 0 Å². The van der Waals surface area contributed by atoms with Gasteiger partial charge in [0.2, 0.25) is 11.8 Å². The lowest BCUT2D eigenvalue weighted by molar-refractivity contribution is 0.101. The summed E-state index contributed by atoms with van der Waals surface area (Å²) in [7, 11) is 0. The summed E-state index contributed by atoms with van der Waals surface area (Å²) < 4.78 is 0.973. The average Bonchev–Trinajstić information content (AvgIpc) is 2.78. The second-order valence-electron chi connectivity index (χ2n) is 3.65. The van der Waals surface area contributed by atoms with Crippen LogP contribution in [0, 0.1) is 0 Å². The minimum absolute atomic E-state index is 0.0478. The Labute approximate surface area is 112 Å². The number of hydrogen-bond acceptors (Lipinski definition) is 4. The molecule has 2 rings (SSSR count). The number of hydrogen-bond donors (Lipinski definition) is 3. The number of benzene rings is 1. The smallest absolute Gasteiger partial charge is 0.293 e. The molecule has 6 nitrogen and oxygen atoms in total. The molecular weight excluding hydrogens is 298 g/mol. The standard InChI is InChI=1S/C11H12BrN5O/c1-2-6-5-7(12)3-4-8(6)14-10(18)9-15-11(13)17-16-9/h3-5H,2H2,1H3,(H,14,18)(H3,13,15,16,17). The summed E-state index contributed by atoms with van der Waals surface area (Å²) >= 11 is 3.39. The third kappa shape index (κ3) is 2.67. The summed E-state index contributed by atoms with van der Waals surface area (Å²) in [6.07, 6.45) is 0.813. The Morgan fingerprint density at radius 3 is 2.94 bits per heavy atom. The van der Waals surface area contributed by atoms with Crippen molar-refractivity contribution in [2.24, 2.45) is 0 Å². The SMILES string of the molecule is CCc1cc(Br)ccc1NC(=O)c1nc(N)n[nH]1. The van der Waals surface area contributed by atoms with Crippen LogP contribution in [0.1, 0.15) is 23.1 Å². The minimum Gasteiger partial charge on any atom is -0.366 e. The first-order valence-electron chi connectivity index (χ1n) is 5.37. The predicted molar refractivity (Wildman–Crippen MR) is 72.3 cm³/mol. The molecule has 0 saturated carbocycles. The van der Waals surface area contributed by atoms with E-state index in [1.54, 1.807) is 0 Å². The fourth-order valence-electron chi connectivity index (χ4n) is 1.53. The molecule has 0 atom stereocenters. The maximum atomic E-state index is 11.9. The molecule has 0 spiro atoms. The first kappa shape index (κ1) is 12.6. The zero-order chi connectivity index (χ0) is 13.1. The van der Waals surface area contributed by atoms with Crippen LogP contribution in [0.3, 0.4) is 0 Å². The molecule has 94 valence electrons. The molecule has 0 fully saturated rings. The third-order valence-corrected chi connectivity index (χ3v) is 2.91. The van der Waals surface area contributed by atoms with Crippen molar-refractivity contribution in [3.05, 3.63) is 34.1 Å². The van der Waals surface area contributed by atoms with Crippen LogP contribution in [-0.4, -0.2) is 21.1 Å². The van der Waals surface area contributed by atoms with E-state index in [1.165, 1.54) is 0 Å². The molecule has 0 radical (unpaired) electrons. The topological polar surface area (TPSA) is 96.7 Å². The minimum atomic E-state index is -0.365. The van der Waals surface area contributed by atoms with Gasteiger partial charge in [0, 0.05) is 10.2 Å². The van der Waals surface area contributed by atoms with Crippen LogP contribution in [0.25, 0.3) is 0 Å². The lowest BCUT2D eigenvalue weighted by Crippen LogP contribution is -2.15. The van der Waals surface area contributed by atoms with Crippen molar-refractivity contribution < 1.29 is 4.79 Å². The summed E-state index contributed by atoms with van der Waals surface area (Å²) in [5, 5.41) is 8.85. The highest BCUT2D eigenvalue weighted by molar-refractivity contribution is 9.10. The molecular formula is C11H12BrN5O. The number of amides is 1. The Hall–Kier alpha value is -1.89. The van der Waals surface area contributed by atoms with Gasteiger partial charge in [-0.1, -0.05) is 22.9 Å². The normalized spacial score (nSPS) is 10.3. The lowest BCUT2D eigenvalue weighted by Gasteiger charge is -2.08. The van der Waals surface area contributed by atoms with Gasteiger partial charge in [-0.2, -0.15) is 4.98 Å². The molecule has 7 heteroatoms. The maximum absolute atomic E-state index is 11.9. The molecule has 0 aliphatic rings. The number of nitrogens with two attached hydrogens (primary N) is 1. The Kier molecular flexibility index (Phi) is 3.61. The van der Waals surface area contributed by atoms with Gasteiger partial charge >= 0.3 is 0 Å². The Morgan fingerprint density at radius 1 is 1.56 bits per heavy atom. The molecule has 4 N–H and O–H groups in total. The van der Waals surface area contributed by atoms with Gasteiger partial charge in [0.25, 0.3) is 5.91 Å². The molecule has 1 amide bonds. The molecule has 1 aromatic carbocycles. The molecule has 0 unspecified atom stereocenters. The van der Waals surface area contributed by atoms with Gasteiger partial charge < -0.3 is 11.1 Å². The van der Waals surface area contributed by atoms with E-state index in [4.69, 9.17) is 5.73 Å². The second kappa shape index (κ2) is 5.18. The number of aromatic amines is 1. The molecule has 18 heavy (non-hydrogen) atoms.